The number of hydrogen-bond acceptors (Lipinski definition) is 4. The van der Waals surface area contributed by atoms with Crippen molar-refractivity contribution in [3.63, 3.8) is 0 Å². The number of thiophene rings is 1. The number of ether oxygens (including phenoxy) is 1. The molecule has 2 rings (SSSR count). The highest BCUT2D eigenvalue weighted by Crippen LogP contribution is 2.29. The van der Waals surface area contributed by atoms with Gasteiger partial charge in [0.2, 0.25) is 0 Å². The molecule has 0 amide bonds. The first-order valence-corrected chi connectivity index (χ1v) is 8.24. The molecule has 1 aromatic rings. The molecule has 108 valence electrons. The number of hydrogen-bond donors (Lipinski definition) is 1. The van der Waals surface area contributed by atoms with Gasteiger partial charge in [-0.1, -0.05) is 6.07 Å². The standard InChI is InChI=1S/C15H26N2OS/c1-18-11-9-16-8-2-3-10-17(14-6-7-14)13-15-5-4-12-19-15/h4-5,12,14,16H,2-3,6-11,13H2,1H3. The van der Waals surface area contributed by atoms with E-state index in [9.17, 15) is 0 Å². The number of nitrogens with zero attached hydrogens (tertiary/aromatic N) is 1. The van der Waals surface area contributed by atoms with Gasteiger partial charge in [0.25, 0.3) is 0 Å². The highest BCUT2D eigenvalue weighted by Gasteiger charge is 2.28. The molecule has 0 aromatic carbocycles. The minimum absolute atomic E-state index is 0.812. The predicted octanol–water partition coefficient (Wildman–Crippen LogP) is 2.73. The zero-order valence-corrected chi connectivity index (χ0v) is 12.8. The van der Waals surface area contributed by atoms with Crippen molar-refractivity contribution in [3.8, 4) is 0 Å². The molecule has 1 aromatic heterocycles. The Morgan fingerprint density at radius 2 is 2.26 bits per heavy atom. The van der Waals surface area contributed by atoms with Crippen molar-refractivity contribution in [2.75, 3.05) is 33.4 Å². The first kappa shape index (κ1) is 15.0. The summed E-state index contributed by atoms with van der Waals surface area (Å²) in [6, 6.07) is 5.28. The monoisotopic (exact) mass is 282 g/mol. The molecule has 0 unspecified atom stereocenters. The molecule has 0 bridgehead atoms. The van der Waals surface area contributed by atoms with E-state index in [1.165, 1.54) is 37.1 Å². The average Bonchev–Trinajstić information content (AvgIpc) is 3.14. The molecule has 1 heterocycles. The molecule has 4 heteroatoms. The second-order valence-corrected chi connectivity index (χ2v) is 6.26. The lowest BCUT2D eigenvalue weighted by Gasteiger charge is -2.21. The summed E-state index contributed by atoms with van der Waals surface area (Å²) in [6.45, 7) is 5.29. The van der Waals surface area contributed by atoms with Crippen molar-refractivity contribution >= 4 is 11.3 Å². The van der Waals surface area contributed by atoms with E-state index < -0.39 is 0 Å². The second kappa shape index (κ2) is 8.69. The third kappa shape index (κ3) is 6.04. The van der Waals surface area contributed by atoms with E-state index in [0.717, 1.165) is 32.3 Å². The van der Waals surface area contributed by atoms with E-state index in [-0.39, 0.29) is 0 Å². The van der Waals surface area contributed by atoms with E-state index in [1.807, 2.05) is 11.3 Å². The van der Waals surface area contributed by atoms with Crippen LogP contribution in [0.25, 0.3) is 0 Å². The van der Waals surface area contributed by atoms with Crippen molar-refractivity contribution < 1.29 is 4.74 Å². The fourth-order valence-corrected chi connectivity index (χ4v) is 3.03. The summed E-state index contributed by atoms with van der Waals surface area (Å²) in [6.07, 6.45) is 5.36. The van der Waals surface area contributed by atoms with Crippen LogP contribution in [0, 0.1) is 0 Å². The lowest BCUT2D eigenvalue weighted by Crippen LogP contribution is -2.27. The van der Waals surface area contributed by atoms with Crippen LogP contribution < -0.4 is 5.32 Å². The van der Waals surface area contributed by atoms with Crippen molar-refractivity contribution in [2.45, 2.75) is 38.3 Å². The highest BCUT2D eigenvalue weighted by atomic mass is 32.1. The van der Waals surface area contributed by atoms with Gasteiger partial charge in [0, 0.05) is 31.1 Å². The number of unbranched alkanes of at least 4 members (excludes halogenated alkanes) is 1. The Bertz CT molecular complexity index is 325. The summed E-state index contributed by atoms with van der Waals surface area (Å²) in [5.74, 6) is 0. The van der Waals surface area contributed by atoms with Crippen LogP contribution in [0.5, 0.6) is 0 Å². The van der Waals surface area contributed by atoms with E-state index >= 15 is 0 Å². The molecular formula is C15H26N2OS. The van der Waals surface area contributed by atoms with Gasteiger partial charge in [-0.15, -0.1) is 11.3 Å². The molecule has 1 saturated carbocycles. The Hall–Kier alpha value is -0.420. The smallest absolute Gasteiger partial charge is 0.0587 e. The van der Waals surface area contributed by atoms with Gasteiger partial charge < -0.3 is 10.1 Å². The van der Waals surface area contributed by atoms with Crippen LogP contribution in [-0.4, -0.2) is 44.3 Å². The Labute approximate surface area is 121 Å². The summed E-state index contributed by atoms with van der Waals surface area (Å²) in [5, 5.41) is 5.59. The zero-order valence-electron chi connectivity index (χ0n) is 11.9. The maximum Gasteiger partial charge on any atom is 0.0587 e. The van der Waals surface area contributed by atoms with Crippen LogP contribution in [0.2, 0.25) is 0 Å². The van der Waals surface area contributed by atoms with Crippen LogP contribution in [0.3, 0.4) is 0 Å². The van der Waals surface area contributed by atoms with E-state index in [0.29, 0.717) is 0 Å². The summed E-state index contributed by atoms with van der Waals surface area (Å²) >= 11 is 1.88. The van der Waals surface area contributed by atoms with E-state index in [1.54, 1.807) is 7.11 Å². The molecule has 1 aliphatic rings. The summed E-state index contributed by atoms with van der Waals surface area (Å²) in [4.78, 5) is 4.17. The molecule has 0 atom stereocenters. The second-order valence-electron chi connectivity index (χ2n) is 5.23. The fourth-order valence-electron chi connectivity index (χ4n) is 2.30. The van der Waals surface area contributed by atoms with Crippen LogP contribution >= 0.6 is 11.3 Å². The van der Waals surface area contributed by atoms with Crippen LogP contribution in [-0.2, 0) is 11.3 Å². The molecule has 3 nitrogen and oxygen atoms in total. The molecule has 1 fully saturated rings. The molecule has 1 aliphatic carbocycles. The van der Waals surface area contributed by atoms with Gasteiger partial charge in [0.15, 0.2) is 0 Å². The van der Waals surface area contributed by atoms with Gasteiger partial charge >= 0.3 is 0 Å². The van der Waals surface area contributed by atoms with Crippen molar-refractivity contribution in [2.24, 2.45) is 0 Å². The normalized spacial score (nSPS) is 15.3. The first-order chi connectivity index (χ1) is 9.40. The first-order valence-electron chi connectivity index (χ1n) is 7.36. The Morgan fingerprint density at radius 1 is 1.37 bits per heavy atom. The summed E-state index contributed by atoms with van der Waals surface area (Å²) in [7, 11) is 1.75. The quantitative estimate of drug-likeness (QED) is 0.632. The number of nitrogens with one attached hydrogen (secondary N) is 1. The van der Waals surface area contributed by atoms with E-state index in [4.69, 9.17) is 4.74 Å². The van der Waals surface area contributed by atoms with Crippen molar-refractivity contribution in [1.82, 2.24) is 10.2 Å². The number of rotatable bonds is 11. The topological polar surface area (TPSA) is 24.5 Å². The Kier molecular flexibility index (Phi) is 6.85. The minimum atomic E-state index is 0.812. The molecule has 1 N–H and O–H groups in total. The van der Waals surface area contributed by atoms with Crippen molar-refractivity contribution in [3.05, 3.63) is 22.4 Å². The number of methoxy groups -OCH3 is 1. The lowest BCUT2D eigenvalue weighted by molar-refractivity contribution is 0.199. The Balaban J connectivity index is 1.56. The molecule has 0 aliphatic heterocycles. The van der Waals surface area contributed by atoms with Gasteiger partial charge in [0.1, 0.15) is 0 Å². The molecular weight excluding hydrogens is 256 g/mol. The largest absolute Gasteiger partial charge is 0.383 e. The summed E-state index contributed by atoms with van der Waals surface area (Å²) in [5.41, 5.74) is 0. The molecule has 19 heavy (non-hydrogen) atoms. The zero-order chi connectivity index (χ0) is 13.3. The van der Waals surface area contributed by atoms with Crippen molar-refractivity contribution in [1.29, 1.82) is 0 Å². The van der Waals surface area contributed by atoms with Gasteiger partial charge in [-0.2, -0.15) is 0 Å². The van der Waals surface area contributed by atoms with Gasteiger partial charge in [-0.05, 0) is 50.2 Å². The minimum Gasteiger partial charge on any atom is -0.383 e. The van der Waals surface area contributed by atoms with Crippen LogP contribution in [0.1, 0.15) is 30.6 Å². The highest BCUT2D eigenvalue weighted by molar-refractivity contribution is 7.09. The third-order valence-corrected chi connectivity index (χ3v) is 4.40. The average molecular weight is 282 g/mol. The lowest BCUT2D eigenvalue weighted by atomic mass is 10.2. The predicted molar refractivity (Wildman–Crippen MR) is 81.7 cm³/mol. The Morgan fingerprint density at radius 3 is 2.95 bits per heavy atom. The molecule has 0 saturated heterocycles. The maximum atomic E-state index is 5.02. The van der Waals surface area contributed by atoms with E-state index in [2.05, 4.69) is 27.7 Å². The van der Waals surface area contributed by atoms with Crippen LogP contribution in [0.15, 0.2) is 17.5 Å². The summed E-state index contributed by atoms with van der Waals surface area (Å²) < 4.78 is 5.02. The molecule has 0 radical (unpaired) electrons. The maximum absolute atomic E-state index is 5.02. The third-order valence-electron chi connectivity index (χ3n) is 3.53. The molecule has 0 spiro atoms. The SMILES string of the molecule is COCCNCCCCN(Cc1cccs1)C1CC1. The van der Waals surface area contributed by atoms with Gasteiger partial charge in [-0.3, -0.25) is 4.90 Å². The fraction of sp³-hybridized carbons (Fsp3) is 0.733. The van der Waals surface area contributed by atoms with Gasteiger partial charge in [0.05, 0.1) is 6.61 Å². The van der Waals surface area contributed by atoms with Gasteiger partial charge in [-0.25, -0.2) is 0 Å². The van der Waals surface area contributed by atoms with Crippen LogP contribution in [0.4, 0.5) is 0 Å².